The minimum absolute atomic E-state index is 0.0273. The Balaban J connectivity index is 1.95. The van der Waals surface area contributed by atoms with E-state index in [4.69, 9.17) is 9.47 Å². The molecule has 1 N–H and O–H groups in total. The van der Waals surface area contributed by atoms with Crippen LogP contribution >= 0.6 is 0 Å². The van der Waals surface area contributed by atoms with E-state index in [-0.39, 0.29) is 23.7 Å². The molecule has 0 fully saturated rings. The number of nitrogens with zero attached hydrogens (tertiary/aromatic N) is 1. The number of rotatable bonds is 9. The maximum absolute atomic E-state index is 13.6. The molecule has 0 saturated carbocycles. The molecule has 0 aliphatic carbocycles. The van der Waals surface area contributed by atoms with Crippen molar-refractivity contribution >= 4 is 21.6 Å². The molecule has 0 saturated heterocycles. The van der Waals surface area contributed by atoms with Gasteiger partial charge >= 0.3 is 0 Å². The molecule has 3 aromatic carbocycles. The van der Waals surface area contributed by atoms with Gasteiger partial charge in [-0.1, -0.05) is 48.5 Å². The van der Waals surface area contributed by atoms with Crippen LogP contribution in [0.3, 0.4) is 0 Å². The summed E-state index contributed by atoms with van der Waals surface area (Å²) in [5.74, 6) is 0.167. The zero-order chi connectivity index (χ0) is 23.1. The molecule has 3 rings (SSSR count). The Labute approximate surface area is 188 Å². The lowest BCUT2D eigenvalue weighted by molar-refractivity contribution is -0.116. The van der Waals surface area contributed by atoms with Crippen LogP contribution in [0.4, 0.5) is 5.69 Å². The summed E-state index contributed by atoms with van der Waals surface area (Å²) in [5.41, 5.74) is 2.28. The average molecular weight is 455 g/mol. The number of carbonyl (C=O) groups excluding carboxylic acids is 1. The number of amides is 1. The van der Waals surface area contributed by atoms with Crippen LogP contribution < -0.4 is 14.8 Å². The summed E-state index contributed by atoms with van der Waals surface area (Å²) in [6.45, 7) is 1.54. The highest BCUT2D eigenvalue weighted by atomic mass is 32.2. The number of sulfonamides is 1. The van der Waals surface area contributed by atoms with Crippen LogP contribution in [0.15, 0.2) is 77.7 Å². The predicted molar refractivity (Wildman–Crippen MR) is 123 cm³/mol. The number of methoxy groups -OCH3 is 2. The fourth-order valence-corrected chi connectivity index (χ4v) is 4.72. The van der Waals surface area contributed by atoms with Crippen molar-refractivity contribution < 1.29 is 22.7 Å². The van der Waals surface area contributed by atoms with E-state index in [0.29, 0.717) is 11.4 Å². The van der Waals surface area contributed by atoms with Gasteiger partial charge in [0.2, 0.25) is 15.9 Å². The van der Waals surface area contributed by atoms with Crippen molar-refractivity contribution in [2.45, 2.75) is 18.4 Å². The molecule has 7 nitrogen and oxygen atoms in total. The summed E-state index contributed by atoms with van der Waals surface area (Å²) in [6.07, 6.45) is 0. The van der Waals surface area contributed by atoms with Gasteiger partial charge in [-0.05, 0) is 36.2 Å². The summed E-state index contributed by atoms with van der Waals surface area (Å²) >= 11 is 0. The zero-order valence-electron chi connectivity index (χ0n) is 18.2. The lowest BCUT2D eigenvalue weighted by Crippen LogP contribution is -2.37. The Morgan fingerprint density at radius 3 is 2.28 bits per heavy atom. The molecule has 0 aromatic heterocycles. The van der Waals surface area contributed by atoms with Crippen molar-refractivity contribution in [2.24, 2.45) is 0 Å². The SMILES string of the molecule is COc1ccc(S(=O)(=O)N(CC(=O)Nc2ccccc2C)Cc2ccccc2)c(OC)c1. The molecule has 0 atom stereocenters. The highest BCUT2D eigenvalue weighted by molar-refractivity contribution is 7.89. The van der Waals surface area contributed by atoms with E-state index in [9.17, 15) is 13.2 Å². The molecule has 1 amide bonds. The van der Waals surface area contributed by atoms with Crippen molar-refractivity contribution in [3.63, 3.8) is 0 Å². The molecule has 0 aliphatic heterocycles. The molecule has 3 aromatic rings. The second-order valence-corrected chi connectivity index (χ2v) is 9.04. The van der Waals surface area contributed by atoms with Gasteiger partial charge in [-0.2, -0.15) is 4.31 Å². The van der Waals surface area contributed by atoms with E-state index in [1.807, 2.05) is 55.5 Å². The molecular formula is C24H26N2O5S. The molecule has 32 heavy (non-hydrogen) atoms. The van der Waals surface area contributed by atoms with Crippen molar-refractivity contribution in [3.8, 4) is 11.5 Å². The maximum Gasteiger partial charge on any atom is 0.247 e. The standard InChI is InChI=1S/C24H26N2O5S/c1-18-9-7-8-12-21(18)25-24(27)17-26(16-19-10-5-4-6-11-19)32(28,29)23-14-13-20(30-2)15-22(23)31-3/h4-15H,16-17H2,1-3H3,(H,25,27). The first-order valence-electron chi connectivity index (χ1n) is 9.96. The van der Waals surface area contributed by atoms with Gasteiger partial charge in [0.1, 0.15) is 16.4 Å². The minimum atomic E-state index is -4.07. The van der Waals surface area contributed by atoms with Crippen LogP contribution in [-0.4, -0.2) is 39.4 Å². The van der Waals surface area contributed by atoms with Crippen molar-refractivity contribution in [2.75, 3.05) is 26.1 Å². The predicted octanol–water partition coefficient (Wildman–Crippen LogP) is 3.84. The first kappa shape index (κ1) is 23.3. The number of aryl methyl sites for hydroxylation is 1. The average Bonchev–Trinajstić information content (AvgIpc) is 2.80. The highest BCUT2D eigenvalue weighted by Gasteiger charge is 2.30. The van der Waals surface area contributed by atoms with Crippen molar-refractivity contribution in [3.05, 3.63) is 83.9 Å². The normalized spacial score (nSPS) is 11.2. The lowest BCUT2D eigenvalue weighted by Gasteiger charge is -2.23. The fourth-order valence-electron chi connectivity index (χ4n) is 3.20. The molecule has 8 heteroatoms. The number of para-hydroxylation sites is 1. The number of benzene rings is 3. The first-order chi connectivity index (χ1) is 15.3. The molecule has 0 radical (unpaired) electrons. The fraction of sp³-hybridized carbons (Fsp3) is 0.208. The quantitative estimate of drug-likeness (QED) is 0.531. The van der Waals surface area contributed by atoms with Crippen LogP contribution in [0, 0.1) is 6.92 Å². The molecular weight excluding hydrogens is 428 g/mol. The number of hydrogen-bond donors (Lipinski definition) is 1. The largest absolute Gasteiger partial charge is 0.497 e. The van der Waals surface area contributed by atoms with Gasteiger partial charge in [0.05, 0.1) is 20.8 Å². The van der Waals surface area contributed by atoms with Crippen LogP contribution in [0.1, 0.15) is 11.1 Å². The summed E-state index contributed by atoms with van der Waals surface area (Å²) in [5, 5.41) is 2.80. The molecule has 168 valence electrons. The van der Waals surface area contributed by atoms with Gasteiger partial charge in [-0.3, -0.25) is 4.79 Å². The third-order valence-corrected chi connectivity index (χ3v) is 6.76. The molecule has 0 heterocycles. The van der Waals surface area contributed by atoms with E-state index in [1.165, 1.54) is 26.4 Å². The van der Waals surface area contributed by atoms with Gasteiger partial charge in [0, 0.05) is 18.3 Å². The minimum Gasteiger partial charge on any atom is -0.497 e. The monoisotopic (exact) mass is 454 g/mol. The number of anilines is 1. The maximum atomic E-state index is 13.6. The Hall–Kier alpha value is -3.36. The smallest absolute Gasteiger partial charge is 0.247 e. The number of carbonyl (C=O) groups is 1. The van der Waals surface area contributed by atoms with Crippen molar-refractivity contribution in [1.29, 1.82) is 0 Å². The zero-order valence-corrected chi connectivity index (χ0v) is 19.1. The Bertz CT molecular complexity index is 1180. The Morgan fingerprint density at radius 1 is 0.938 bits per heavy atom. The second-order valence-electron chi connectivity index (χ2n) is 7.14. The van der Waals surface area contributed by atoms with E-state index < -0.39 is 15.9 Å². The van der Waals surface area contributed by atoms with Crippen LogP contribution in [0.2, 0.25) is 0 Å². The summed E-state index contributed by atoms with van der Waals surface area (Å²) in [4.78, 5) is 12.8. The molecule has 0 spiro atoms. The van der Waals surface area contributed by atoms with E-state index >= 15 is 0 Å². The van der Waals surface area contributed by atoms with Gasteiger partial charge in [0.25, 0.3) is 0 Å². The third-order valence-electron chi connectivity index (χ3n) is 4.93. The Kier molecular flexibility index (Phi) is 7.50. The highest BCUT2D eigenvalue weighted by Crippen LogP contribution is 2.31. The second kappa shape index (κ2) is 10.3. The van der Waals surface area contributed by atoms with E-state index in [2.05, 4.69) is 5.32 Å². The topological polar surface area (TPSA) is 84.9 Å². The van der Waals surface area contributed by atoms with E-state index in [1.54, 1.807) is 12.1 Å². The molecule has 0 aliphatic rings. The van der Waals surface area contributed by atoms with Gasteiger partial charge in [-0.15, -0.1) is 0 Å². The number of ether oxygens (including phenoxy) is 2. The first-order valence-corrected chi connectivity index (χ1v) is 11.4. The molecule has 0 bridgehead atoms. The van der Waals surface area contributed by atoms with Crippen LogP contribution in [-0.2, 0) is 21.4 Å². The van der Waals surface area contributed by atoms with Crippen molar-refractivity contribution in [1.82, 2.24) is 4.31 Å². The third kappa shape index (κ3) is 5.46. The van der Waals surface area contributed by atoms with Crippen LogP contribution in [0.5, 0.6) is 11.5 Å². The number of nitrogens with one attached hydrogen (secondary N) is 1. The Morgan fingerprint density at radius 2 is 1.62 bits per heavy atom. The lowest BCUT2D eigenvalue weighted by atomic mass is 10.2. The number of hydrogen-bond acceptors (Lipinski definition) is 5. The van der Waals surface area contributed by atoms with Crippen LogP contribution in [0.25, 0.3) is 0 Å². The summed E-state index contributed by atoms with van der Waals surface area (Å²) < 4.78 is 38.8. The van der Waals surface area contributed by atoms with Gasteiger partial charge < -0.3 is 14.8 Å². The summed E-state index contributed by atoms with van der Waals surface area (Å²) in [6, 6.07) is 20.9. The summed E-state index contributed by atoms with van der Waals surface area (Å²) in [7, 11) is -1.20. The van der Waals surface area contributed by atoms with Gasteiger partial charge in [0.15, 0.2) is 0 Å². The van der Waals surface area contributed by atoms with Gasteiger partial charge in [-0.25, -0.2) is 8.42 Å². The molecule has 0 unspecified atom stereocenters. The van der Waals surface area contributed by atoms with E-state index in [0.717, 1.165) is 15.4 Å².